The average Bonchev–Trinajstić information content (AvgIpc) is 2.97. The Bertz CT molecular complexity index is 592. The highest BCUT2D eigenvalue weighted by molar-refractivity contribution is 5.97. The van der Waals surface area contributed by atoms with Gasteiger partial charge in [0.2, 0.25) is 11.8 Å². The van der Waals surface area contributed by atoms with E-state index in [4.69, 9.17) is 5.73 Å². The van der Waals surface area contributed by atoms with Crippen LogP contribution in [0.5, 0.6) is 0 Å². The van der Waals surface area contributed by atoms with Crippen LogP contribution >= 0.6 is 0 Å². The van der Waals surface area contributed by atoms with E-state index in [2.05, 4.69) is 6.07 Å². The van der Waals surface area contributed by atoms with Crippen molar-refractivity contribution in [2.75, 3.05) is 24.5 Å². The second-order valence-corrected chi connectivity index (χ2v) is 6.71. The van der Waals surface area contributed by atoms with Crippen molar-refractivity contribution in [3.63, 3.8) is 0 Å². The monoisotopic (exact) mass is 315 g/mol. The maximum absolute atomic E-state index is 12.8. The molecule has 0 bridgehead atoms. The number of amides is 2. The SMILES string of the molecule is CC(N)CC(=O)N1CCC(C(=O)N2CCc3ccccc32)CC1. The number of fused-ring (bicyclic) bond motifs is 1. The van der Waals surface area contributed by atoms with Crippen LogP contribution in [0.25, 0.3) is 0 Å². The Balaban J connectivity index is 1.58. The van der Waals surface area contributed by atoms with Crippen molar-refractivity contribution < 1.29 is 9.59 Å². The summed E-state index contributed by atoms with van der Waals surface area (Å²) >= 11 is 0. The first kappa shape index (κ1) is 16.0. The number of para-hydroxylation sites is 1. The van der Waals surface area contributed by atoms with Gasteiger partial charge >= 0.3 is 0 Å². The van der Waals surface area contributed by atoms with E-state index in [1.807, 2.05) is 34.9 Å². The molecule has 3 rings (SSSR count). The molecule has 5 nitrogen and oxygen atoms in total. The summed E-state index contributed by atoms with van der Waals surface area (Å²) in [6.07, 6.45) is 2.83. The minimum absolute atomic E-state index is 0.0282. The summed E-state index contributed by atoms with van der Waals surface area (Å²) in [7, 11) is 0. The van der Waals surface area contributed by atoms with E-state index in [1.54, 1.807) is 0 Å². The molecule has 1 saturated heterocycles. The number of carbonyl (C=O) groups is 2. The lowest BCUT2D eigenvalue weighted by molar-refractivity contribution is -0.135. The molecule has 0 spiro atoms. The van der Waals surface area contributed by atoms with Gasteiger partial charge in [-0.1, -0.05) is 18.2 Å². The van der Waals surface area contributed by atoms with E-state index < -0.39 is 0 Å². The molecular formula is C18H25N3O2. The number of rotatable bonds is 3. The van der Waals surface area contributed by atoms with E-state index in [0.29, 0.717) is 19.5 Å². The zero-order chi connectivity index (χ0) is 16.4. The van der Waals surface area contributed by atoms with E-state index >= 15 is 0 Å². The van der Waals surface area contributed by atoms with Crippen LogP contribution in [-0.4, -0.2) is 42.4 Å². The molecule has 124 valence electrons. The fraction of sp³-hybridized carbons (Fsp3) is 0.556. The molecule has 0 saturated carbocycles. The van der Waals surface area contributed by atoms with Crippen molar-refractivity contribution in [2.45, 2.75) is 38.6 Å². The first-order valence-corrected chi connectivity index (χ1v) is 8.49. The molecule has 1 atom stereocenters. The number of hydrogen-bond donors (Lipinski definition) is 1. The van der Waals surface area contributed by atoms with Gasteiger partial charge in [0.15, 0.2) is 0 Å². The van der Waals surface area contributed by atoms with E-state index in [9.17, 15) is 9.59 Å². The van der Waals surface area contributed by atoms with E-state index in [0.717, 1.165) is 31.5 Å². The third kappa shape index (κ3) is 3.39. The Hall–Kier alpha value is -1.88. The van der Waals surface area contributed by atoms with Gasteiger partial charge in [0.05, 0.1) is 0 Å². The Labute approximate surface area is 137 Å². The smallest absolute Gasteiger partial charge is 0.230 e. The summed E-state index contributed by atoms with van der Waals surface area (Å²) in [6.45, 7) is 3.95. The maximum Gasteiger partial charge on any atom is 0.230 e. The molecule has 0 aromatic heterocycles. The highest BCUT2D eigenvalue weighted by atomic mass is 16.2. The van der Waals surface area contributed by atoms with Gasteiger partial charge in [-0.2, -0.15) is 0 Å². The highest BCUT2D eigenvalue weighted by Crippen LogP contribution is 2.31. The predicted octanol–water partition coefficient (Wildman–Crippen LogP) is 1.55. The van der Waals surface area contributed by atoms with Crippen molar-refractivity contribution in [1.82, 2.24) is 4.90 Å². The minimum atomic E-state index is -0.108. The van der Waals surface area contributed by atoms with Gasteiger partial charge in [0.25, 0.3) is 0 Å². The van der Waals surface area contributed by atoms with Gasteiger partial charge < -0.3 is 15.5 Å². The van der Waals surface area contributed by atoms with Crippen LogP contribution < -0.4 is 10.6 Å². The molecule has 5 heteroatoms. The molecule has 1 aromatic rings. The Morgan fingerprint density at radius 3 is 2.61 bits per heavy atom. The lowest BCUT2D eigenvalue weighted by atomic mass is 9.94. The molecule has 2 aliphatic rings. The Kier molecular flexibility index (Phi) is 4.66. The summed E-state index contributed by atoms with van der Waals surface area (Å²) in [5, 5.41) is 0. The molecular weight excluding hydrogens is 290 g/mol. The summed E-state index contributed by atoms with van der Waals surface area (Å²) in [6, 6.07) is 8.02. The molecule has 2 heterocycles. The number of anilines is 1. The second-order valence-electron chi connectivity index (χ2n) is 6.71. The molecule has 2 aliphatic heterocycles. The van der Waals surface area contributed by atoms with Crippen molar-refractivity contribution in [3.05, 3.63) is 29.8 Å². The number of benzene rings is 1. The summed E-state index contributed by atoms with van der Waals surface area (Å²) < 4.78 is 0. The number of likely N-dealkylation sites (tertiary alicyclic amines) is 1. The van der Waals surface area contributed by atoms with Crippen LogP contribution in [0.15, 0.2) is 24.3 Å². The van der Waals surface area contributed by atoms with Gasteiger partial charge in [0.1, 0.15) is 0 Å². The predicted molar refractivity (Wildman–Crippen MR) is 90.1 cm³/mol. The lowest BCUT2D eigenvalue weighted by Crippen LogP contribution is -2.45. The van der Waals surface area contributed by atoms with E-state index in [-0.39, 0.29) is 23.8 Å². The summed E-state index contributed by atoms with van der Waals surface area (Å²) in [4.78, 5) is 28.7. The van der Waals surface area contributed by atoms with Gasteiger partial charge in [-0.25, -0.2) is 0 Å². The Morgan fingerprint density at radius 2 is 1.91 bits per heavy atom. The third-order valence-corrected chi connectivity index (χ3v) is 4.85. The molecule has 0 aliphatic carbocycles. The molecule has 1 aromatic carbocycles. The number of nitrogens with zero attached hydrogens (tertiary/aromatic N) is 2. The largest absolute Gasteiger partial charge is 0.343 e. The number of piperidine rings is 1. The normalized spacial score (nSPS) is 19.6. The Morgan fingerprint density at radius 1 is 1.22 bits per heavy atom. The number of hydrogen-bond acceptors (Lipinski definition) is 3. The van der Waals surface area contributed by atoms with Crippen molar-refractivity contribution in [1.29, 1.82) is 0 Å². The molecule has 2 amide bonds. The third-order valence-electron chi connectivity index (χ3n) is 4.85. The average molecular weight is 315 g/mol. The standard InChI is InChI=1S/C18H25N3O2/c1-13(19)12-17(22)20-9-6-15(7-10-20)18(23)21-11-8-14-4-2-3-5-16(14)21/h2-5,13,15H,6-12,19H2,1H3. The maximum atomic E-state index is 12.8. The van der Waals surface area contributed by atoms with Gasteiger partial charge in [-0.15, -0.1) is 0 Å². The molecule has 1 unspecified atom stereocenters. The van der Waals surface area contributed by atoms with E-state index in [1.165, 1.54) is 5.56 Å². The van der Waals surface area contributed by atoms with Crippen LogP contribution in [0.2, 0.25) is 0 Å². The first-order valence-electron chi connectivity index (χ1n) is 8.49. The zero-order valence-corrected chi connectivity index (χ0v) is 13.7. The summed E-state index contributed by atoms with van der Waals surface area (Å²) in [5.41, 5.74) is 8.01. The van der Waals surface area contributed by atoms with Gasteiger partial charge in [-0.3, -0.25) is 9.59 Å². The number of carbonyl (C=O) groups excluding carboxylic acids is 2. The van der Waals surface area contributed by atoms with Crippen molar-refractivity contribution >= 4 is 17.5 Å². The van der Waals surface area contributed by atoms with Crippen LogP contribution in [0.1, 0.15) is 31.7 Å². The quantitative estimate of drug-likeness (QED) is 0.920. The zero-order valence-electron chi connectivity index (χ0n) is 13.7. The van der Waals surface area contributed by atoms with Crippen LogP contribution in [0.3, 0.4) is 0 Å². The molecule has 0 radical (unpaired) electrons. The van der Waals surface area contributed by atoms with Gasteiger partial charge in [0, 0.05) is 43.7 Å². The van der Waals surface area contributed by atoms with Crippen LogP contribution in [0, 0.1) is 5.92 Å². The molecule has 23 heavy (non-hydrogen) atoms. The second kappa shape index (κ2) is 6.71. The van der Waals surface area contributed by atoms with Crippen LogP contribution in [-0.2, 0) is 16.0 Å². The van der Waals surface area contributed by atoms with Crippen molar-refractivity contribution in [2.24, 2.45) is 11.7 Å². The highest BCUT2D eigenvalue weighted by Gasteiger charge is 2.33. The topological polar surface area (TPSA) is 66.6 Å². The minimum Gasteiger partial charge on any atom is -0.343 e. The molecule has 2 N–H and O–H groups in total. The van der Waals surface area contributed by atoms with Crippen molar-refractivity contribution in [3.8, 4) is 0 Å². The fourth-order valence-corrected chi connectivity index (χ4v) is 3.57. The van der Waals surface area contributed by atoms with Gasteiger partial charge in [-0.05, 0) is 37.8 Å². The fourth-order valence-electron chi connectivity index (χ4n) is 3.57. The van der Waals surface area contributed by atoms with Crippen LogP contribution in [0.4, 0.5) is 5.69 Å². The first-order chi connectivity index (χ1) is 11.1. The lowest BCUT2D eigenvalue weighted by Gasteiger charge is -2.33. The number of nitrogens with two attached hydrogens (primary N) is 1. The summed E-state index contributed by atoms with van der Waals surface area (Å²) in [5.74, 6) is 0.354. The molecule has 1 fully saturated rings.